The van der Waals surface area contributed by atoms with Gasteiger partial charge >= 0.3 is 0 Å². The summed E-state index contributed by atoms with van der Waals surface area (Å²) in [5, 5.41) is 3.19. The molecule has 1 atom stereocenters. The summed E-state index contributed by atoms with van der Waals surface area (Å²) in [6.45, 7) is 2.87. The fourth-order valence-electron chi connectivity index (χ4n) is 1.97. The molecule has 5 nitrogen and oxygen atoms in total. The van der Waals surface area contributed by atoms with Crippen molar-refractivity contribution in [1.82, 2.24) is 4.72 Å². The minimum Gasteiger partial charge on any atom is -0.384 e. The standard InChI is InChI=1S/C12H18N2O3S2/c1-2-18(15)8-7-14-19(16,17)11-3-4-12-10(9-11)5-6-13-12/h3-4,9,13-14H,2,5-8H2,1H3. The van der Waals surface area contributed by atoms with E-state index >= 15 is 0 Å². The Bertz CT molecular complexity index is 585. The van der Waals surface area contributed by atoms with Crippen LogP contribution in [0.25, 0.3) is 0 Å². The van der Waals surface area contributed by atoms with Gasteiger partial charge in [-0.2, -0.15) is 0 Å². The second kappa shape index (κ2) is 6.02. The number of hydrogen-bond acceptors (Lipinski definition) is 4. The summed E-state index contributed by atoms with van der Waals surface area (Å²) in [5.41, 5.74) is 2.03. The van der Waals surface area contributed by atoms with Crippen molar-refractivity contribution < 1.29 is 12.6 Å². The number of nitrogens with one attached hydrogen (secondary N) is 2. The first kappa shape index (κ1) is 14.5. The Morgan fingerprint density at radius 2 is 2.21 bits per heavy atom. The van der Waals surface area contributed by atoms with Crippen molar-refractivity contribution >= 4 is 26.5 Å². The zero-order chi connectivity index (χ0) is 13.9. The molecule has 1 heterocycles. The molecule has 1 aliphatic heterocycles. The van der Waals surface area contributed by atoms with Crippen molar-refractivity contribution in [2.75, 3.05) is 29.9 Å². The fraction of sp³-hybridized carbons (Fsp3) is 0.500. The Kier molecular flexibility index (Phi) is 4.59. The second-order valence-corrected chi connectivity index (χ2v) is 7.96. The number of benzene rings is 1. The minimum atomic E-state index is -3.50. The van der Waals surface area contributed by atoms with Gasteiger partial charge in [0, 0.05) is 41.1 Å². The first-order chi connectivity index (χ1) is 9.03. The van der Waals surface area contributed by atoms with E-state index in [2.05, 4.69) is 10.0 Å². The molecule has 0 spiro atoms. The summed E-state index contributed by atoms with van der Waals surface area (Å²) in [6.07, 6.45) is 0.846. The SMILES string of the molecule is CCS(=O)CCNS(=O)(=O)c1ccc2c(c1)CCN2. The van der Waals surface area contributed by atoms with E-state index in [1.807, 2.05) is 6.92 Å². The Hall–Kier alpha value is -0.920. The van der Waals surface area contributed by atoms with Gasteiger partial charge in [-0.1, -0.05) is 6.92 Å². The maximum absolute atomic E-state index is 12.1. The molecule has 7 heteroatoms. The van der Waals surface area contributed by atoms with Gasteiger partial charge in [-0.3, -0.25) is 4.21 Å². The summed E-state index contributed by atoms with van der Waals surface area (Å²) in [7, 11) is -4.45. The average Bonchev–Trinajstić information content (AvgIpc) is 2.85. The Balaban J connectivity index is 2.05. The highest BCUT2D eigenvalue weighted by Crippen LogP contribution is 2.24. The van der Waals surface area contributed by atoms with Crippen LogP contribution in [0.5, 0.6) is 0 Å². The highest BCUT2D eigenvalue weighted by atomic mass is 32.2. The molecule has 1 aromatic carbocycles. The molecule has 106 valence electrons. The number of rotatable bonds is 6. The summed E-state index contributed by atoms with van der Waals surface area (Å²) >= 11 is 0. The molecule has 1 unspecified atom stereocenters. The zero-order valence-corrected chi connectivity index (χ0v) is 12.4. The highest BCUT2D eigenvalue weighted by molar-refractivity contribution is 7.89. The molecule has 0 fully saturated rings. The molecule has 1 aliphatic rings. The van der Waals surface area contributed by atoms with Gasteiger partial charge in [0.1, 0.15) is 0 Å². The summed E-state index contributed by atoms with van der Waals surface area (Å²) in [6, 6.07) is 5.09. The molecule has 0 bridgehead atoms. The van der Waals surface area contributed by atoms with Gasteiger partial charge in [-0.15, -0.1) is 0 Å². The molecule has 19 heavy (non-hydrogen) atoms. The third kappa shape index (κ3) is 3.55. The number of sulfonamides is 1. The monoisotopic (exact) mass is 302 g/mol. The first-order valence-corrected chi connectivity index (χ1v) is 9.21. The van der Waals surface area contributed by atoms with Crippen LogP contribution in [0.15, 0.2) is 23.1 Å². The quantitative estimate of drug-likeness (QED) is 0.811. The van der Waals surface area contributed by atoms with Crippen LogP contribution in [0.2, 0.25) is 0 Å². The van der Waals surface area contributed by atoms with Crippen molar-refractivity contribution in [3.63, 3.8) is 0 Å². The van der Waals surface area contributed by atoms with Crippen molar-refractivity contribution in [2.45, 2.75) is 18.2 Å². The van der Waals surface area contributed by atoms with E-state index in [0.29, 0.717) is 11.5 Å². The van der Waals surface area contributed by atoms with Gasteiger partial charge in [-0.05, 0) is 30.2 Å². The van der Waals surface area contributed by atoms with Crippen molar-refractivity contribution in [3.8, 4) is 0 Å². The van der Waals surface area contributed by atoms with Crippen LogP contribution in [0.1, 0.15) is 12.5 Å². The molecule has 1 aromatic rings. The van der Waals surface area contributed by atoms with Crippen LogP contribution in [0.3, 0.4) is 0 Å². The highest BCUT2D eigenvalue weighted by Gasteiger charge is 2.17. The molecule has 0 aliphatic carbocycles. The third-order valence-electron chi connectivity index (χ3n) is 3.04. The molecule has 0 radical (unpaired) electrons. The normalized spacial score (nSPS) is 15.8. The van der Waals surface area contributed by atoms with E-state index in [1.165, 1.54) is 0 Å². The lowest BCUT2D eigenvalue weighted by Gasteiger charge is -2.08. The number of fused-ring (bicyclic) bond motifs is 1. The van der Waals surface area contributed by atoms with Crippen LogP contribution >= 0.6 is 0 Å². The largest absolute Gasteiger partial charge is 0.384 e. The molecular formula is C12H18N2O3S2. The molecular weight excluding hydrogens is 284 g/mol. The predicted octanol–water partition coefficient (Wildman–Crippen LogP) is 0.701. The van der Waals surface area contributed by atoms with Crippen molar-refractivity contribution in [2.24, 2.45) is 0 Å². The van der Waals surface area contributed by atoms with Crippen molar-refractivity contribution in [3.05, 3.63) is 23.8 Å². The molecule has 0 saturated carbocycles. The summed E-state index contributed by atoms with van der Waals surface area (Å²) < 4.78 is 37.9. The third-order valence-corrected chi connectivity index (χ3v) is 5.80. The molecule has 0 saturated heterocycles. The van der Waals surface area contributed by atoms with Gasteiger partial charge in [0.25, 0.3) is 0 Å². The predicted molar refractivity (Wildman–Crippen MR) is 77.4 cm³/mol. The van der Waals surface area contributed by atoms with E-state index < -0.39 is 20.8 Å². The van der Waals surface area contributed by atoms with E-state index in [9.17, 15) is 12.6 Å². The van der Waals surface area contributed by atoms with Crippen LogP contribution in [-0.2, 0) is 27.2 Å². The fourth-order valence-corrected chi connectivity index (χ4v) is 3.80. The van der Waals surface area contributed by atoms with E-state index in [0.717, 1.165) is 24.2 Å². The Morgan fingerprint density at radius 1 is 1.42 bits per heavy atom. The maximum Gasteiger partial charge on any atom is 0.240 e. The van der Waals surface area contributed by atoms with Gasteiger partial charge in [-0.25, -0.2) is 13.1 Å². The minimum absolute atomic E-state index is 0.206. The maximum atomic E-state index is 12.1. The number of hydrogen-bond donors (Lipinski definition) is 2. The van der Waals surface area contributed by atoms with Crippen LogP contribution < -0.4 is 10.0 Å². The topological polar surface area (TPSA) is 75.3 Å². The molecule has 0 aromatic heterocycles. The lowest BCUT2D eigenvalue weighted by molar-refractivity contribution is 0.584. The van der Waals surface area contributed by atoms with Gasteiger partial charge in [0.05, 0.1) is 4.90 Å². The second-order valence-electron chi connectivity index (χ2n) is 4.33. The van der Waals surface area contributed by atoms with E-state index in [4.69, 9.17) is 0 Å². The van der Waals surface area contributed by atoms with Crippen LogP contribution in [0, 0.1) is 0 Å². The van der Waals surface area contributed by atoms with Crippen molar-refractivity contribution in [1.29, 1.82) is 0 Å². The van der Waals surface area contributed by atoms with Gasteiger partial charge in [0.15, 0.2) is 0 Å². The zero-order valence-electron chi connectivity index (χ0n) is 10.8. The lowest BCUT2D eigenvalue weighted by Crippen LogP contribution is -2.28. The van der Waals surface area contributed by atoms with E-state index in [1.54, 1.807) is 18.2 Å². The van der Waals surface area contributed by atoms with E-state index in [-0.39, 0.29) is 11.4 Å². The van der Waals surface area contributed by atoms with Gasteiger partial charge in [0.2, 0.25) is 10.0 Å². The number of anilines is 1. The average molecular weight is 302 g/mol. The summed E-state index contributed by atoms with van der Waals surface area (Å²) in [4.78, 5) is 0.275. The smallest absolute Gasteiger partial charge is 0.240 e. The molecule has 0 amide bonds. The summed E-state index contributed by atoms with van der Waals surface area (Å²) in [5.74, 6) is 0.897. The van der Waals surface area contributed by atoms with Gasteiger partial charge < -0.3 is 5.32 Å². The van der Waals surface area contributed by atoms with Crippen LogP contribution in [-0.4, -0.2) is 37.2 Å². The molecule has 2 rings (SSSR count). The van der Waals surface area contributed by atoms with Crippen LogP contribution in [0.4, 0.5) is 5.69 Å². The lowest BCUT2D eigenvalue weighted by atomic mass is 10.2. The Morgan fingerprint density at radius 3 is 2.95 bits per heavy atom. The Labute approximate surface area is 116 Å². The first-order valence-electron chi connectivity index (χ1n) is 6.24. The molecule has 2 N–H and O–H groups in total.